The molecule has 0 saturated carbocycles. The lowest BCUT2D eigenvalue weighted by atomic mass is 9.67. The number of allylic oxidation sites excluding steroid dienone is 2. The maximum absolute atomic E-state index is 15.1. The molecule has 0 N–H and O–H groups in total. The van der Waals surface area contributed by atoms with Gasteiger partial charge in [0.25, 0.3) is 0 Å². The summed E-state index contributed by atoms with van der Waals surface area (Å²) in [4.78, 5) is 30.8. The summed E-state index contributed by atoms with van der Waals surface area (Å²) < 4.78 is 15.1. The van der Waals surface area contributed by atoms with Gasteiger partial charge in [-0.1, -0.05) is 50.3 Å². The monoisotopic (exact) mass is 460 g/mol. The van der Waals surface area contributed by atoms with Crippen molar-refractivity contribution < 1.29 is 9.18 Å². The molecule has 2 aliphatic rings. The van der Waals surface area contributed by atoms with Gasteiger partial charge in [-0.15, -0.1) is 0 Å². The Balaban J connectivity index is 1.69. The van der Waals surface area contributed by atoms with E-state index in [1.165, 1.54) is 6.07 Å². The van der Waals surface area contributed by atoms with Crippen LogP contribution in [0.2, 0.25) is 0 Å². The second-order valence-electron chi connectivity index (χ2n) is 9.47. The highest BCUT2D eigenvalue weighted by atomic mass is 19.1. The lowest BCUT2D eigenvalue weighted by Crippen LogP contribution is -2.39. The second kappa shape index (κ2) is 7.64. The van der Waals surface area contributed by atoms with Crippen molar-refractivity contribution in [3.63, 3.8) is 0 Å². The lowest BCUT2D eigenvalue weighted by Gasteiger charge is -2.36. The molecule has 2 heterocycles. The topological polar surface area (TPSA) is 60.1 Å². The quantitative estimate of drug-likeness (QED) is 0.347. The van der Waals surface area contributed by atoms with Crippen LogP contribution in [-0.2, 0) is 16.6 Å². The van der Waals surface area contributed by atoms with E-state index in [0.717, 1.165) is 27.7 Å². The minimum atomic E-state index is -0.636. The maximum atomic E-state index is 15.1. The van der Waals surface area contributed by atoms with Crippen molar-refractivity contribution in [2.75, 3.05) is 0 Å². The number of pyridine rings is 1. The van der Waals surface area contributed by atoms with Gasteiger partial charge in [-0.2, -0.15) is 0 Å². The second-order valence-corrected chi connectivity index (χ2v) is 9.47. The van der Waals surface area contributed by atoms with Crippen LogP contribution in [0.25, 0.3) is 38.4 Å². The fourth-order valence-corrected chi connectivity index (χ4v) is 5.75. The molecular weight excluding hydrogens is 439 g/mol. The number of rotatable bonds is 2. The van der Waals surface area contributed by atoms with Gasteiger partial charge < -0.3 is 4.79 Å². The Morgan fingerprint density at radius 2 is 1.83 bits per heavy atom. The van der Waals surface area contributed by atoms with Crippen molar-refractivity contribution in [3.8, 4) is 22.6 Å². The highest BCUT2D eigenvalue weighted by molar-refractivity contribution is 6.00. The van der Waals surface area contributed by atoms with Gasteiger partial charge in [-0.05, 0) is 36.6 Å². The van der Waals surface area contributed by atoms with Crippen LogP contribution in [0.5, 0.6) is 0 Å². The molecule has 170 valence electrons. The summed E-state index contributed by atoms with van der Waals surface area (Å²) in [5.74, 6) is -0.456. The van der Waals surface area contributed by atoms with E-state index < -0.39 is 5.41 Å². The normalized spacial score (nSPS) is 22.9. The first-order valence-electron chi connectivity index (χ1n) is 11.6. The number of hydrogen-bond donors (Lipinski definition) is 0. The molecular formula is C29H21FN4O. The van der Waals surface area contributed by atoms with Gasteiger partial charge in [0.05, 0.1) is 23.5 Å². The zero-order valence-corrected chi connectivity index (χ0v) is 19.3. The van der Waals surface area contributed by atoms with Gasteiger partial charge >= 0.3 is 0 Å². The molecule has 0 unspecified atom stereocenters. The summed E-state index contributed by atoms with van der Waals surface area (Å²) in [6.07, 6.45) is 4.03. The van der Waals surface area contributed by atoms with E-state index in [1.807, 2.05) is 44.2 Å². The molecule has 3 atom stereocenters. The van der Waals surface area contributed by atoms with Crippen LogP contribution < -0.4 is 0 Å². The largest absolute Gasteiger partial charge is 0.308 e. The van der Waals surface area contributed by atoms with E-state index >= 15 is 4.39 Å². The number of para-hydroxylation sites is 1. The van der Waals surface area contributed by atoms with Crippen LogP contribution >= 0.6 is 0 Å². The number of fused-ring (bicyclic) bond motifs is 4. The molecule has 4 aromatic rings. The SMILES string of the molecule is [C-]#[N+]C1=C[C@@]2(C)c3nc(-c4ccnc5ccccc45)nc(-c4ccccc4F)c3C[C@@H]2[C@@H](C)C1=O. The number of ketones is 1. The average molecular weight is 461 g/mol. The molecule has 0 fully saturated rings. The molecule has 6 heteroatoms. The molecule has 2 aliphatic carbocycles. The zero-order chi connectivity index (χ0) is 24.3. The van der Waals surface area contributed by atoms with Crippen LogP contribution in [0.3, 0.4) is 0 Å². The lowest BCUT2D eigenvalue weighted by molar-refractivity contribution is -0.121. The molecule has 0 amide bonds. The summed E-state index contributed by atoms with van der Waals surface area (Å²) in [7, 11) is 0. The van der Waals surface area contributed by atoms with Crippen molar-refractivity contribution >= 4 is 16.7 Å². The summed E-state index contributed by atoms with van der Waals surface area (Å²) in [5.41, 5.74) is 3.67. The summed E-state index contributed by atoms with van der Waals surface area (Å²) in [6.45, 7) is 11.5. The first-order valence-corrected chi connectivity index (χ1v) is 11.6. The fraction of sp³-hybridized carbons (Fsp3) is 0.207. The van der Waals surface area contributed by atoms with Crippen molar-refractivity contribution in [1.82, 2.24) is 15.0 Å². The number of aromatic nitrogens is 3. The van der Waals surface area contributed by atoms with Crippen LogP contribution in [-0.4, -0.2) is 20.7 Å². The van der Waals surface area contributed by atoms with Crippen LogP contribution in [0.15, 0.2) is 72.6 Å². The van der Waals surface area contributed by atoms with Crippen molar-refractivity contribution in [1.29, 1.82) is 0 Å². The third-order valence-corrected chi connectivity index (χ3v) is 7.56. The summed E-state index contributed by atoms with van der Waals surface area (Å²) in [6, 6.07) is 16.2. The first-order chi connectivity index (χ1) is 16.9. The van der Waals surface area contributed by atoms with Crippen LogP contribution in [0, 0.1) is 24.2 Å². The Morgan fingerprint density at radius 1 is 1.06 bits per heavy atom. The summed E-state index contributed by atoms with van der Waals surface area (Å²) >= 11 is 0. The Morgan fingerprint density at radius 3 is 2.63 bits per heavy atom. The molecule has 0 spiro atoms. The minimum absolute atomic E-state index is 0.0836. The third kappa shape index (κ3) is 3.05. The van der Waals surface area contributed by atoms with Gasteiger partial charge in [0.1, 0.15) is 5.82 Å². The predicted molar refractivity (Wildman–Crippen MR) is 132 cm³/mol. The predicted octanol–water partition coefficient (Wildman–Crippen LogP) is 5.95. The molecule has 0 aliphatic heterocycles. The highest BCUT2D eigenvalue weighted by Gasteiger charge is 2.52. The molecule has 0 bridgehead atoms. The average Bonchev–Trinajstić information content (AvgIpc) is 3.18. The summed E-state index contributed by atoms with van der Waals surface area (Å²) in [5, 5.41) is 0.902. The number of carbonyl (C=O) groups excluding carboxylic acids is 1. The maximum Gasteiger partial charge on any atom is 0.226 e. The Kier molecular flexibility index (Phi) is 4.65. The first kappa shape index (κ1) is 21.3. The highest BCUT2D eigenvalue weighted by Crippen LogP contribution is 2.53. The van der Waals surface area contributed by atoms with Gasteiger partial charge in [0, 0.05) is 39.6 Å². The molecule has 2 aromatic heterocycles. The molecule has 35 heavy (non-hydrogen) atoms. The smallest absolute Gasteiger partial charge is 0.226 e. The minimum Gasteiger partial charge on any atom is -0.308 e. The van der Waals surface area contributed by atoms with E-state index in [-0.39, 0.29) is 29.1 Å². The van der Waals surface area contributed by atoms with E-state index in [1.54, 1.807) is 30.5 Å². The van der Waals surface area contributed by atoms with Gasteiger partial charge in [0.15, 0.2) is 11.6 Å². The van der Waals surface area contributed by atoms with Gasteiger partial charge in [-0.3, -0.25) is 4.98 Å². The molecule has 6 rings (SSSR count). The van der Waals surface area contributed by atoms with Crippen LogP contribution in [0.1, 0.15) is 25.1 Å². The zero-order valence-electron chi connectivity index (χ0n) is 19.3. The van der Waals surface area contributed by atoms with Crippen molar-refractivity contribution in [2.45, 2.75) is 25.7 Å². The molecule has 2 aromatic carbocycles. The van der Waals surface area contributed by atoms with Gasteiger partial charge in [0.2, 0.25) is 5.70 Å². The van der Waals surface area contributed by atoms with E-state index in [9.17, 15) is 4.79 Å². The third-order valence-electron chi connectivity index (χ3n) is 7.56. The molecule has 5 nitrogen and oxygen atoms in total. The number of Topliss-reactive ketones (excluding diaryl/α,β-unsaturated/α-hetero) is 1. The van der Waals surface area contributed by atoms with Crippen molar-refractivity contribution in [3.05, 3.63) is 101 Å². The van der Waals surface area contributed by atoms with Crippen molar-refractivity contribution in [2.24, 2.45) is 11.8 Å². The van der Waals surface area contributed by atoms with Crippen LogP contribution in [0.4, 0.5) is 4.39 Å². The van der Waals surface area contributed by atoms with E-state index in [4.69, 9.17) is 16.5 Å². The number of nitrogens with zero attached hydrogens (tertiary/aromatic N) is 4. The van der Waals surface area contributed by atoms with E-state index in [2.05, 4.69) is 9.83 Å². The molecule has 0 saturated heterocycles. The number of hydrogen-bond acceptors (Lipinski definition) is 4. The number of halogens is 1. The Labute approximate surface area is 202 Å². The molecule has 0 radical (unpaired) electrons. The van der Waals surface area contributed by atoms with E-state index in [0.29, 0.717) is 23.5 Å². The standard InChI is InChI=1S/C29H21FN4O/c1-16-21-14-20-25(19-9-4-6-10-22(19)30)33-28(18-12-13-32-23-11-7-5-8-17(18)23)34-27(20)29(21,2)15-24(31-3)26(16)35/h4-13,15-16,21H,14H2,1-2H3/t16-,21-,29-/m1/s1. The fourth-order valence-electron chi connectivity index (χ4n) is 5.75. The Bertz CT molecular complexity index is 1610. The number of benzene rings is 2. The number of carbonyl (C=O) groups is 1. The van der Waals surface area contributed by atoms with Gasteiger partial charge in [-0.25, -0.2) is 19.2 Å². The Hall–Kier alpha value is -4.24.